The molecule has 1 aromatic heterocycles. The van der Waals surface area contributed by atoms with Crippen molar-refractivity contribution >= 4 is 36.5 Å². The maximum absolute atomic E-state index is 13.1. The van der Waals surface area contributed by atoms with Crippen molar-refractivity contribution in [2.75, 3.05) is 37.7 Å². The first-order valence-electron chi connectivity index (χ1n) is 13.2. The molecule has 2 radical (unpaired) electrons. The van der Waals surface area contributed by atoms with E-state index in [1.54, 1.807) is 37.3 Å². The average molecular weight is 587 g/mol. The molecule has 9 nitrogen and oxygen atoms in total. The van der Waals surface area contributed by atoms with Crippen molar-refractivity contribution in [2.45, 2.75) is 45.3 Å². The van der Waals surface area contributed by atoms with Crippen molar-refractivity contribution in [2.24, 2.45) is 11.7 Å². The largest absolute Gasteiger partial charge is 0.447 e. The summed E-state index contributed by atoms with van der Waals surface area (Å²) in [7, 11) is 7.26. The number of ether oxygens (including phenoxy) is 1. The monoisotopic (exact) mass is 587 g/mol. The van der Waals surface area contributed by atoms with Crippen LogP contribution in [0.1, 0.15) is 31.0 Å². The molecule has 0 bridgehead atoms. The number of aromatic nitrogens is 1. The van der Waals surface area contributed by atoms with Crippen LogP contribution >= 0.6 is 0 Å². The predicted octanol–water partition coefficient (Wildman–Crippen LogP) is 3.15. The third kappa shape index (κ3) is 11.6. The molecule has 7 N–H and O–H groups in total. The molecule has 3 aromatic rings. The topological polar surface area (TPSA) is 139 Å². The lowest BCUT2D eigenvalue weighted by molar-refractivity contribution is -0.223. The quantitative estimate of drug-likeness (QED) is 0.102. The van der Waals surface area contributed by atoms with Gasteiger partial charge in [-0.3, -0.25) is 4.79 Å². The number of aryl methyl sites for hydroxylation is 1. The summed E-state index contributed by atoms with van der Waals surface area (Å²) < 4.78 is 45.2. The number of likely N-dealkylation sites (tertiary alicyclic amines) is 1. The highest BCUT2D eigenvalue weighted by Crippen LogP contribution is 2.29. The highest BCUT2D eigenvalue weighted by atomic mass is 19.4. The molecule has 1 amide bonds. The van der Waals surface area contributed by atoms with Gasteiger partial charge in [0.1, 0.15) is 12.3 Å². The molecule has 0 atom stereocenters. The van der Waals surface area contributed by atoms with Crippen LogP contribution in [-0.4, -0.2) is 72.7 Å². The zero-order valence-electron chi connectivity index (χ0n) is 23.9. The van der Waals surface area contributed by atoms with Gasteiger partial charge in [0.25, 0.3) is 5.87 Å². The van der Waals surface area contributed by atoms with Gasteiger partial charge in [-0.1, -0.05) is 25.0 Å². The van der Waals surface area contributed by atoms with Crippen molar-refractivity contribution < 1.29 is 32.9 Å². The molecule has 0 spiro atoms. The molecular formula is C29H37BF3N5O4. The number of alkyl halides is 3. The first-order valence-corrected chi connectivity index (χ1v) is 13.2. The Hall–Kier alpha value is -3.86. The Morgan fingerprint density at radius 2 is 1.83 bits per heavy atom. The molecule has 0 unspecified atom stereocenters. The van der Waals surface area contributed by atoms with E-state index in [-0.39, 0.29) is 24.4 Å². The van der Waals surface area contributed by atoms with Gasteiger partial charge < -0.3 is 41.2 Å². The minimum Gasteiger partial charge on any atom is -0.447 e. The molecule has 13 heteroatoms. The third-order valence-corrected chi connectivity index (χ3v) is 6.31. The van der Waals surface area contributed by atoms with E-state index in [9.17, 15) is 23.4 Å². The van der Waals surface area contributed by atoms with E-state index in [0.29, 0.717) is 22.3 Å². The Kier molecular flexibility index (Phi) is 12.6. The summed E-state index contributed by atoms with van der Waals surface area (Å²) in [4.78, 5) is 11.0. The number of fused-ring (bicyclic) bond motifs is 1. The van der Waals surface area contributed by atoms with E-state index in [1.165, 1.54) is 38.1 Å². The molecule has 42 heavy (non-hydrogen) atoms. The highest BCUT2D eigenvalue weighted by molar-refractivity contribution is 6.12. The number of hydrogen-bond acceptors (Lipinski definition) is 7. The number of nitrogens with zero attached hydrogens (tertiary/aromatic N) is 2. The number of primary amides is 1. The summed E-state index contributed by atoms with van der Waals surface area (Å²) in [5, 5.41) is 21.9. The Morgan fingerprint density at radius 3 is 2.40 bits per heavy atom. The van der Waals surface area contributed by atoms with Crippen LogP contribution in [-0.2, 0) is 11.3 Å². The molecule has 226 valence electrons. The van der Waals surface area contributed by atoms with Crippen LogP contribution in [0, 0.1) is 24.7 Å². The van der Waals surface area contributed by atoms with Crippen LogP contribution in [0.3, 0.4) is 0 Å². The summed E-state index contributed by atoms with van der Waals surface area (Å²) in [5.41, 5.74) is 12.1. The van der Waals surface area contributed by atoms with Crippen molar-refractivity contribution in [3.63, 3.8) is 0 Å². The fourth-order valence-corrected chi connectivity index (χ4v) is 4.19. The number of piperidine rings is 1. The van der Waals surface area contributed by atoms with E-state index in [0.717, 1.165) is 16.0 Å². The van der Waals surface area contributed by atoms with Crippen LogP contribution in [0.2, 0.25) is 0 Å². The van der Waals surface area contributed by atoms with Crippen LogP contribution in [0.4, 0.5) is 24.5 Å². The van der Waals surface area contributed by atoms with Crippen molar-refractivity contribution in [3.8, 4) is 17.6 Å². The Morgan fingerprint density at radius 1 is 1.19 bits per heavy atom. The molecule has 2 heterocycles. The van der Waals surface area contributed by atoms with Crippen molar-refractivity contribution in [1.29, 1.82) is 0 Å². The number of aliphatic hydroxyl groups is 2. The molecule has 1 fully saturated rings. The van der Waals surface area contributed by atoms with Crippen molar-refractivity contribution in [1.82, 2.24) is 9.47 Å². The van der Waals surface area contributed by atoms with Crippen LogP contribution < -0.4 is 21.5 Å². The number of hydrogen-bond donors (Lipinski definition) is 5. The van der Waals surface area contributed by atoms with Gasteiger partial charge in [0.2, 0.25) is 14.3 Å². The molecule has 2 aromatic carbocycles. The maximum Gasteiger partial charge on any atom is 0.406 e. The zero-order chi connectivity index (χ0) is 31.5. The number of nitrogen functional groups attached to an aromatic ring is 1. The van der Waals surface area contributed by atoms with Crippen LogP contribution in [0.25, 0.3) is 10.9 Å². The molecular weight excluding hydrogens is 550 g/mol. The summed E-state index contributed by atoms with van der Waals surface area (Å²) in [6, 6.07) is 11.2. The van der Waals surface area contributed by atoms with Gasteiger partial charge in [0.15, 0.2) is 0 Å². The first-order chi connectivity index (χ1) is 19.6. The van der Waals surface area contributed by atoms with Gasteiger partial charge in [0.05, 0.1) is 23.4 Å². The second-order valence-corrected chi connectivity index (χ2v) is 10.0. The van der Waals surface area contributed by atoms with Crippen molar-refractivity contribution in [3.05, 3.63) is 53.7 Å². The third-order valence-electron chi connectivity index (χ3n) is 6.31. The molecule has 1 aliphatic heterocycles. The lowest BCUT2D eigenvalue weighted by Gasteiger charge is -2.26. The number of anilines is 2. The predicted molar refractivity (Wildman–Crippen MR) is 159 cm³/mol. The second-order valence-electron chi connectivity index (χ2n) is 10.0. The summed E-state index contributed by atoms with van der Waals surface area (Å²) in [5.74, 6) is 3.68. The number of carbonyl (C=O) groups excluding carboxylic acids is 1. The van der Waals surface area contributed by atoms with E-state index in [2.05, 4.69) is 41.8 Å². The molecule has 1 saturated heterocycles. The molecule has 4 rings (SSSR count). The number of nitrogens with two attached hydrogens (primary N) is 2. The summed E-state index contributed by atoms with van der Waals surface area (Å²) >= 11 is 0. The van der Waals surface area contributed by atoms with Gasteiger partial charge in [-0.15, -0.1) is 0 Å². The standard InChI is InChI=1S/C21H19BF3N3O3.C7H15N.CH3NO/c1-13-7-8-17(19(10-13)31-21(22,29)30)27-9-3-4-14-11-15-16(26)5-2-6-18(15)28(14)12-20(23,24)25;1-7-3-5-8(2)6-4-7;2-1-3/h2,5-8,10-11,27,29-30H,9,12,26H2,1H3;7H,3-6H2,1-2H3;1H,(H2,2,3). The van der Waals surface area contributed by atoms with E-state index >= 15 is 0 Å². The summed E-state index contributed by atoms with van der Waals surface area (Å²) in [6.45, 7) is 5.57. The lowest BCUT2D eigenvalue weighted by atomic mass is 10.00. The number of nitrogens with one attached hydrogen (secondary N) is 1. The van der Waals surface area contributed by atoms with E-state index in [4.69, 9.17) is 23.1 Å². The van der Waals surface area contributed by atoms with Gasteiger partial charge in [-0.05, 0) is 87.6 Å². The minimum atomic E-state index is -4.43. The van der Waals surface area contributed by atoms with Crippen LogP contribution in [0.5, 0.6) is 5.75 Å². The number of halogens is 3. The number of rotatable bonds is 5. The van der Waals surface area contributed by atoms with Crippen LogP contribution in [0.15, 0.2) is 42.5 Å². The fourth-order valence-electron chi connectivity index (χ4n) is 4.19. The van der Waals surface area contributed by atoms with Gasteiger partial charge in [0, 0.05) is 11.1 Å². The Labute approximate surface area is 245 Å². The molecule has 0 aliphatic carbocycles. The zero-order valence-corrected chi connectivity index (χ0v) is 23.9. The second kappa shape index (κ2) is 15.4. The number of benzene rings is 2. The lowest BCUT2D eigenvalue weighted by Crippen LogP contribution is -2.35. The van der Waals surface area contributed by atoms with Gasteiger partial charge in [-0.2, -0.15) is 13.2 Å². The molecule has 1 aliphatic rings. The van der Waals surface area contributed by atoms with Gasteiger partial charge >= 0.3 is 6.18 Å². The average Bonchev–Trinajstić information content (AvgIpc) is 3.22. The SMILES string of the molecule is CC1CCN(C)CC1.NC=O.[B]C(O)(O)Oc1cc(C)ccc1NCC#Cc1cc2c(N)cccc2n1CC(F)(F)F. The Bertz CT molecular complexity index is 1360. The number of carbonyl (C=O) groups is 1. The Balaban J connectivity index is 0.000000471. The minimum absolute atomic E-state index is 0.0386. The first kappa shape index (κ1) is 34.3. The number of amides is 1. The van der Waals surface area contributed by atoms with Gasteiger partial charge in [-0.25, -0.2) is 0 Å². The summed E-state index contributed by atoms with van der Waals surface area (Å²) in [6.07, 6.45) is -1.38. The molecule has 0 saturated carbocycles. The maximum atomic E-state index is 13.1. The smallest absolute Gasteiger partial charge is 0.406 e. The van der Waals surface area contributed by atoms with E-state index in [1.807, 2.05) is 0 Å². The normalized spacial score (nSPS) is 14.0. The van der Waals surface area contributed by atoms with E-state index < -0.39 is 18.6 Å². The fraction of sp³-hybridized carbons (Fsp3) is 0.414. The highest BCUT2D eigenvalue weighted by Gasteiger charge is 2.29.